The third-order valence-electron chi connectivity index (χ3n) is 4.59. The second kappa shape index (κ2) is 10.9. The Labute approximate surface area is 182 Å². The van der Waals surface area contributed by atoms with Gasteiger partial charge in [-0.2, -0.15) is 0 Å². The van der Waals surface area contributed by atoms with E-state index in [1.165, 1.54) is 6.08 Å². The molecular weight excluding hydrogens is 404 g/mol. The zero-order valence-corrected chi connectivity index (χ0v) is 18.1. The number of hydrogen-bond donors (Lipinski definition) is 1. The second-order valence-electron chi connectivity index (χ2n) is 6.63. The van der Waals surface area contributed by atoms with Gasteiger partial charge in [0.15, 0.2) is 0 Å². The standard InChI is InChI=1S/C23H27ClN2O4/c1-3-29-21-16-20(26-11-13-28-14-12-26)22(30-4-2)15-19(21)25-23(27)10-9-17-7-5-6-8-18(17)24/h5-10,15-16H,3-4,11-14H2,1-2H3,(H,25,27)/b10-9+. The second-order valence-corrected chi connectivity index (χ2v) is 7.03. The molecule has 0 saturated carbocycles. The van der Waals surface area contributed by atoms with Crippen LogP contribution in [0, 0.1) is 0 Å². The van der Waals surface area contributed by atoms with Crippen molar-refractivity contribution in [1.82, 2.24) is 0 Å². The molecule has 30 heavy (non-hydrogen) atoms. The van der Waals surface area contributed by atoms with Gasteiger partial charge in [-0.15, -0.1) is 0 Å². The van der Waals surface area contributed by atoms with Gasteiger partial charge in [0.25, 0.3) is 0 Å². The van der Waals surface area contributed by atoms with E-state index in [4.69, 9.17) is 25.8 Å². The highest BCUT2D eigenvalue weighted by molar-refractivity contribution is 6.32. The third kappa shape index (κ3) is 5.68. The smallest absolute Gasteiger partial charge is 0.248 e. The summed E-state index contributed by atoms with van der Waals surface area (Å²) in [5.74, 6) is 1.02. The van der Waals surface area contributed by atoms with Crippen molar-refractivity contribution in [3.8, 4) is 11.5 Å². The number of ether oxygens (including phenoxy) is 3. The lowest BCUT2D eigenvalue weighted by Gasteiger charge is -2.31. The molecule has 2 aromatic carbocycles. The van der Waals surface area contributed by atoms with Gasteiger partial charge in [0.05, 0.1) is 37.8 Å². The number of rotatable bonds is 8. The first-order valence-corrected chi connectivity index (χ1v) is 10.5. The molecule has 1 saturated heterocycles. The molecule has 0 spiro atoms. The van der Waals surface area contributed by atoms with Gasteiger partial charge in [-0.25, -0.2) is 0 Å². The van der Waals surface area contributed by atoms with E-state index < -0.39 is 0 Å². The van der Waals surface area contributed by atoms with E-state index in [1.807, 2.05) is 44.2 Å². The Kier molecular flexibility index (Phi) is 7.99. The van der Waals surface area contributed by atoms with Gasteiger partial charge < -0.3 is 24.4 Å². The van der Waals surface area contributed by atoms with Crippen molar-refractivity contribution in [3.05, 3.63) is 53.1 Å². The molecule has 0 unspecified atom stereocenters. The van der Waals surface area contributed by atoms with Crippen LogP contribution in [0.4, 0.5) is 11.4 Å². The summed E-state index contributed by atoms with van der Waals surface area (Å²) in [6, 6.07) is 11.1. The monoisotopic (exact) mass is 430 g/mol. The van der Waals surface area contributed by atoms with Crippen LogP contribution < -0.4 is 19.7 Å². The summed E-state index contributed by atoms with van der Waals surface area (Å²) in [5, 5.41) is 3.48. The molecule has 1 aliphatic heterocycles. The highest BCUT2D eigenvalue weighted by atomic mass is 35.5. The molecule has 1 N–H and O–H groups in total. The van der Waals surface area contributed by atoms with Crippen LogP contribution in [-0.2, 0) is 9.53 Å². The minimum atomic E-state index is -0.280. The van der Waals surface area contributed by atoms with E-state index in [0.717, 1.165) is 24.3 Å². The molecule has 0 radical (unpaired) electrons. The average Bonchev–Trinajstić information content (AvgIpc) is 2.76. The molecule has 160 valence electrons. The Morgan fingerprint density at radius 3 is 2.53 bits per heavy atom. The van der Waals surface area contributed by atoms with Gasteiger partial charge in [-0.05, 0) is 31.6 Å². The first-order chi connectivity index (χ1) is 14.6. The molecule has 0 aromatic heterocycles. The fraction of sp³-hybridized carbons (Fsp3) is 0.348. The van der Waals surface area contributed by atoms with Crippen molar-refractivity contribution < 1.29 is 19.0 Å². The molecule has 3 rings (SSSR count). The Bertz CT molecular complexity index is 895. The summed E-state index contributed by atoms with van der Waals surface area (Å²) in [7, 11) is 0. The van der Waals surface area contributed by atoms with Crippen LogP contribution in [0.1, 0.15) is 19.4 Å². The van der Waals surface area contributed by atoms with E-state index in [1.54, 1.807) is 12.1 Å². The minimum Gasteiger partial charge on any atom is -0.492 e. The molecular formula is C23H27ClN2O4. The highest BCUT2D eigenvalue weighted by Gasteiger charge is 2.20. The van der Waals surface area contributed by atoms with Crippen LogP contribution in [0.2, 0.25) is 5.02 Å². The number of carbonyl (C=O) groups is 1. The SMILES string of the molecule is CCOc1cc(N2CCOCC2)c(OCC)cc1NC(=O)/C=C/c1ccccc1Cl. The Morgan fingerprint density at radius 1 is 1.13 bits per heavy atom. The van der Waals surface area contributed by atoms with E-state index >= 15 is 0 Å². The number of amides is 1. The van der Waals surface area contributed by atoms with E-state index in [-0.39, 0.29) is 5.91 Å². The number of benzene rings is 2. The van der Waals surface area contributed by atoms with Crippen molar-refractivity contribution in [3.63, 3.8) is 0 Å². The quantitative estimate of drug-likeness (QED) is 0.619. The number of nitrogens with zero attached hydrogens (tertiary/aromatic N) is 1. The lowest BCUT2D eigenvalue weighted by atomic mass is 10.2. The van der Waals surface area contributed by atoms with Crippen LogP contribution in [0.5, 0.6) is 11.5 Å². The van der Waals surface area contributed by atoms with Crippen LogP contribution in [-0.4, -0.2) is 45.4 Å². The summed E-state index contributed by atoms with van der Waals surface area (Å²) < 4.78 is 17.1. The van der Waals surface area contributed by atoms with Crippen LogP contribution >= 0.6 is 11.6 Å². The maximum atomic E-state index is 12.5. The summed E-state index contributed by atoms with van der Waals surface area (Å²) in [5.41, 5.74) is 2.27. The van der Waals surface area contributed by atoms with Gasteiger partial charge in [0, 0.05) is 36.3 Å². The maximum absolute atomic E-state index is 12.5. The first kappa shape index (κ1) is 22.0. The van der Waals surface area contributed by atoms with Crippen molar-refractivity contribution >= 4 is 35.0 Å². The molecule has 0 aliphatic carbocycles. The van der Waals surface area contributed by atoms with Crippen LogP contribution in [0.15, 0.2) is 42.5 Å². The molecule has 1 amide bonds. The number of carbonyl (C=O) groups excluding carboxylic acids is 1. The van der Waals surface area contributed by atoms with Gasteiger partial charge in [-0.1, -0.05) is 29.8 Å². The molecule has 1 fully saturated rings. The van der Waals surface area contributed by atoms with Gasteiger partial charge >= 0.3 is 0 Å². The van der Waals surface area contributed by atoms with E-state index in [2.05, 4.69) is 10.2 Å². The largest absolute Gasteiger partial charge is 0.492 e. The van der Waals surface area contributed by atoms with Crippen molar-refractivity contribution in [1.29, 1.82) is 0 Å². The third-order valence-corrected chi connectivity index (χ3v) is 4.93. The number of halogens is 1. The van der Waals surface area contributed by atoms with Crippen molar-refractivity contribution in [2.24, 2.45) is 0 Å². The van der Waals surface area contributed by atoms with E-state index in [0.29, 0.717) is 48.6 Å². The lowest BCUT2D eigenvalue weighted by molar-refractivity contribution is -0.111. The summed E-state index contributed by atoms with van der Waals surface area (Å²) in [6.07, 6.45) is 3.14. The lowest BCUT2D eigenvalue weighted by Crippen LogP contribution is -2.36. The topological polar surface area (TPSA) is 60.0 Å². The molecule has 1 heterocycles. The van der Waals surface area contributed by atoms with Crippen molar-refractivity contribution in [2.75, 3.05) is 49.7 Å². The maximum Gasteiger partial charge on any atom is 0.248 e. The zero-order chi connectivity index (χ0) is 21.3. The van der Waals surface area contributed by atoms with Gasteiger partial charge in [0.2, 0.25) is 5.91 Å². The van der Waals surface area contributed by atoms with E-state index in [9.17, 15) is 4.79 Å². The van der Waals surface area contributed by atoms with Gasteiger partial charge in [-0.3, -0.25) is 4.79 Å². The molecule has 1 aliphatic rings. The molecule has 7 heteroatoms. The molecule has 6 nitrogen and oxygen atoms in total. The summed E-state index contributed by atoms with van der Waals surface area (Å²) >= 11 is 6.15. The molecule has 2 aromatic rings. The fourth-order valence-corrected chi connectivity index (χ4v) is 3.39. The van der Waals surface area contributed by atoms with Gasteiger partial charge in [0.1, 0.15) is 11.5 Å². The normalized spacial score (nSPS) is 14.0. The number of hydrogen-bond acceptors (Lipinski definition) is 5. The number of anilines is 2. The molecule has 0 bridgehead atoms. The van der Waals surface area contributed by atoms with Crippen LogP contribution in [0.25, 0.3) is 6.08 Å². The minimum absolute atomic E-state index is 0.280. The highest BCUT2D eigenvalue weighted by Crippen LogP contribution is 2.39. The number of morpholine rings is 1. The number of nitrogens with one attached hydrogen (secondary N) is 1. The first-order valence-electron chi connectivity index (χ1n) is 10.1. The van der Waals surface area contributed by atoms with Crippen molar-refractivity contribution in [2.45, 2.75) is 13.8 Å². The Morgan fingerprint density at radius 2 is 1.83 bits per heavy atom. The zero-order valence-electron chi connectivity index (χ0n) is 17.3. The Hall–Kier alpha value is -2.70. The Balaban J connectivity index is 1.85. The summed E-state index contributed by atoms with van der Waals surface area (Å²) in [4.78, 5) is 14.8. The predicted molar refractivity (Wildman–Crippen MR) is 121 cm³/mol. The summed E-state index contributed by atoms with van der Waals surface area (Å²) in [6.45, 7) is 7.73. The average molecular weight is 431 g/mol. The molecule has 0 atom stereocenters. The fourth-order valence-electron chi connectivity index (χ4n) is 3.19. The predicted octanol–water partition coefficient (Wildman–Crippen LogP) is 4.63. The van der Waals surface area contributed by atoms with Crippen LogP contribution in [0.3, 0.4) is 0 Å².